The van der Waals surface area contributed by atoms with Crippen molar-refractivity contribution in [1.29, 1.82) is 0 Å². The van der Waals surface area contributed by atoms with Gasteiger partial charge in [0.2, 0.25) is 0 Å². The molecule has 0 heterocycles. The Morgan fingerprint density at radius 3 is 2.39 bits per heavy atom. The SMILES string of the molecule is CNc1ccc([N+](=O)[O-])cc1C(=O)Nc1ccccc1Oc1ccc(C)cc1. The van der Waals surface area contributed by atoms with Crippen molar-refractivity contribution in [3.63, 3.8) is 0 Å². The first-order valence-electron chi connectivity index (χ1n) is 8.59. The predicted molar refractivity (Wildman–Crippen MR) is 108 cm³/mol. The summed E-state index contributed by atoms with van der Waals surface area (Å²) in [5.41, 5.74) is 2.07. The zero-order chi connectivity index (χ0) is 20.1. The van der Waals surface area contributed by atoms with E-state index < -0.39 is 10.8 Å². The molecule has 0 bridgehead atoms. The second-order valence-corrected chi connectivity index (χ2v) is 6.10. The van der Waals surface area contributed by atoms with E-state index in [-0.39, 0.29) is 11.3 Å². The molecular weight excluding hydrogens is 358 g/mol. The van der Waals surface area contributed by atoms with E-state index in [1.165, 1.54) is 18.2 Å². The molecule has 0 aromatic heterocycles. The monoisotopic (exact) mass is 377 g/mol. The van der Waals surface area contributed by atoms with E-state index in [0.717, 1.165) is 5.56 Å². The number of nitro groups is 1. The van der Waals surface area contributed by atoms with Crippen LogP contribution in [0, 0.1) is 17.0 Å². The Morgan fingerprint density at radius 1 is 1.00 bits per heavy atom. The van der Waals surface area contributed by atoms with Crippen LogP contribution in [0.15, 0.2) is 66.7 Å². The first-order chi connectivity index (χ1) is 13.5. The molecule has 28 heavy (non-hydrogen) atoms. The minimum Gasteiger partial charge on any atom is -0.455 e. The highest BCUT2D eigenvalue weighted by Crippen LogP contribution is 2.31. The maximum atomic E-state index is 12.8. The number of benzene rings is 3. The van der Waals surface area contributed by atoms with E-state index in [1.54, 1.807) is 31.3 Å². The molecule has 0 saturated heterocycles. The number of carbonyl (C=O) groups excluding carboxylic acids is 1. The van der Waals surface area contributed by atoms with Crippen LogP contribution in [0.25, 0.3) is 0 Å². The number of rotatable bonds is 6. The van der Waals surface area contributed by atoms with Crippen molar-refractivity contribution >= 4 is 23.0 Å². The Labute approximate surface area is 162 Å². The summed E-state index contributed by atoms with van der Waals surface area (Å²) in [6.45, 7) is 1.98. The fourth-order valence-corrected chi connectivity index (χ4v) is 2.63. The first-order valence-corrected chi connectivity index (χ1v) is 8.59. The standard InChI is InChI=1S/C21H19N3O4/c1-14-7-10-16(11-8-14)28-20-6-4-3-5-19(20)23-21(25)17-13-15(24(26)27)9-12-18(17)22-2/h3-13,22H,1-2H3,(H,23,25). The van der Waals surface area contributed by atoms with Crippen LogP contribution in [0.1, 0.15) is 15.9 Å². The highest BCUT2D eigenvalue weighted by atomic mass is 16.6. The van der Waals surface area contributed by atoms with Crippen molar-refractivity contribution < 1.29 is 14.5 Å². The van der Waals surface area contributed by atoms with Crippen molar-refractivity contribution in [2.24, 2.45) is 0 Å². The Hall–Kier alpha value is -3.87. The van der Waals surface area contributed by atoms with Gasteiger partial charge in [-0.15, -0.1) is 0 Å². The molecule has 0 spiro atoms. The van der Waals surface area contributed by atoms with Crippen molar-refractivity contribution in [3.8, 4) is 11.5 Å². The summed E-state index contributed by atoms with van der Waals surface area (Å²) < 4.78 is 5.88. The number of hydrogen-bond acceptors (Lipinski definition) is 5. The van der Waals surface area contributed by atoms with Crippen LogP contribution in [0.2, 0.25) is 0 Å². The number of non-ortho nitro benzene ring substituents is 1. The number of nitrogens with one attached hydrogen (secondary N) is 2. The van der Waals surface area contributed by atoms with Crippen LogP contribution in [0.4, 0.5) is 17.1 Å². The van der Waals surface area contributed by atoms with Gasteiger partial charge < -0.3 is 15.4 Å². The molecule has 0 unspecified atom stereocenters. The smallest absolute Gasteiger partial charge is 0.270 e. The maximum Gasteiger partial charge on any atom is 0.270 e. The van der Waals surface area contributed by atoms with Gasteiger partial charge >= 0.3 is 0 Å². The summed E-state index contributed by atoms with van der Waals surface area (Å²) in [6.07, 6.45) is 0. The second kappa shape index (κ2) is 8.22. The zero-order valence-corrected chi connectivity index (χ0v) is 15.4. The van der Waals surface area contributed by atoms with Gasteiger partial charge in [0.25, 0.3) is 11.6 Å². The van der Waals surface area contributed by atoms with Gasteiger partial charge in [0.1, 0.15) is 5.75 Å². The van der Waals surface area contributed by atoms with Crippen LogP contribution in [-0.4, -0.2) is 17.9 Å². The lowest BCUT2D eigenvalue weighted by molar-refractivity contribution is -0.384. The Balaban J connectivity index is 1.88. The van der Waals surface area contributed by atoms with Crippen molar-refractivity contribution in [1.82, 2.24) is 0 Å². The number of ether oxygens (including phenoxy) is 1. The van der Waals surface area contributed by atoms with Gasteiger partial charge in [-0.1, -0.05) is 29.8 Å². The van der Waals surface area contributed by atoms with Crippen LogP contribution < -0.4 is 15.4 Å². The van der Waals surface area contributed by atoms with Gasteiger partial charge in [-0.3, -0.25) is 14.9 Å². The molecule has 7 heteroatoms. The van der Waals surface area contributed by atoms with Gasteiger partial charge in [0.15, 0.2) is 5.75 Å². The van der Waals surface area contributed by atoms with Crippen LogP contribution in [-0.2, 0) is 0 Å². The molecule has 2 N–H and O–H groups in total. The van der Waals surface area contributed by atoms with Crippen molar-refractivity contribution in [2.45, 2.75) is 6.92 Å². The average Bonchev–Trinajstić information content (AvgIpc) is 2.70. The van der Waals surface area contributed by atoms with Crippen molar-refractivity contribution in [2.75, 3.05) is 17.7 Å². The number of para-hydroxylation sites is 2. The van der Waals surface area contributed by atoms with E-state index in [2.05, 4.69) is 10.6 Å². The second-order valence-electron chi connectivity index (χ2n) is 6.10. The summed E-state index contributed by atoms with van der Waals surface area (Å²) in [7, 11) is 1.65. The van der Waals surface area contributed by atoms with E-state index in [9.17, 15) is 14.9 Å². The molecule has 3 aromatic rings. The van der Waals surface area contributed by atoms with E-state index >= 15 is 0 Å². The summed E-state index contributed by atoms with van der Waals surface area (Å²) in [4.78, 5) is 23.3. The van der Waals surface area contributed by atoms with Gasteiger partial charge in [0.05, 0.1) is 16.2 Å². The molecule has 0 aliphatic heterocycles. The number of carbonyl (C=O) groups is 1. The van der Waals surface area contributed by atoms with Crippen LogP contribution >= 0.6 is 0 Å². The van der Waals surface area contributed by atoms with E-state index in [0.29, 0.717) is 22.9 Å². The zero-order valence-electron chi connectivity index (χ0n) is 15.4. The largest absolute Gasteiger partial charge is 0.455 e. The minimum absolute atomic E-state index is 0.159. The molecule has 0 fully saturated rings. The third kappa shape index (κ3) is 4.27. The average molecular weight is 377 g/mol. The third-order valence-electron chi connectivity index (χ3n) is 4.11. The summed E-state index contributed by atoms with van der Waals surface area (Å²) in [5.74, 6) is 0.628. The number of nitro benzene ring substituents is 1. The fraction of sp³-hybridized carbons (Fsp3) is 0.0952. The highest BCUT2D eigenvalue weighted by molar-refractivity contribution is 6.09. The lowest BCUT2D eigenvalue weighted by Gasteiger charge is -2.14. The summed E-state index contributed by atoms with van der Waals surface area (Å²) in [6, 6.07) is 18.6. The molecule has 0 atom stereocenters. The van der Waals surface area contributed by atoms with E-state index in [1.807, 2.05) is 31.2 Å². The third-order valence-corrected chi connectivity index (χ3v) is 4.11. The molecule has 0 aliphatic rings. The molecule has 0 aliphatic carbocycles. The maximum absolute atomic E-state index is 12.8. The number of aryl methyl sites for hydroxylation is 1. The number of anilines is 2. The number of hydrogen-bond donors (Lipinski definition) is 2. The quantitative estimate of drug-likeness (QED) is 0.466. The Bertz CT molecular complexity index is 1020. The molecule has 3 rings (SSSR count). The Morgan fingerprint density at radius 2 is 1.71 bits per heavy atom. The van der Waals surface area contributed by atoms with Gasteiger partial charge in [-0.25, -0.2) is 0 Å². The Kier molecular flexibility index (Phi) is 5.55. The fourth-order valence-electron chi connectivity index (χ4n) is 2.63. The summed E-state index contributed by atoms with van der Waals surface area (Å²) >= 11 is 0. The number of amides is 1. The molecule has 3 aromatic carbocycles. The topological polar surface area (TPSA) is 93.5 Å². The van der Waals surface area contributed by atoms with Crippen molar-refractivity contribution in [3.05, 3.63) is 88.0 Å². The minimum atomic E-state index is -0.537. The molecule has 1 amide bonds. The molecule has 0 saturated carbocycles. The van der Waals surface area contributed by atoms with Gasteiger partial charge in [-0.05, 0) is 37.3 Å². The van der Waals surface area contributed by atoms with Crippen LogP contribution in [0.5, 0.6) is 11.5 Å². The number of nitrogens with zero attached hydrogens (tertiary/aromatic N) is 1. The highest BCUT2D eigenvalue weighted by Gasteiger charge is 2.18. The predicted octanol–water partition coefficient (Wildman–Crippen LogP) is 4.99. The molecule has 0 radical (unpaired) electrons. The summed E-state index contributed by atoms with van der Waals surface area (Å²) in [5, 5.41) is 16.7. The van der Waals surface area contributed by atoms with Crippen LogP contribution in [0.3, 0.4) is 0 Å². The molecule has 142 valence electrons. The lowest BCUT2D eigenvalue weighted by atomic mass is 10.1. The normalized spacial score (nSPS) is 10.2. The van der Waals surface area contributed by atoms with Gasteiger partial charge in [0, 0.05) is 24.9 Å². The van der Waals surface area contributed by atoms with E-state index in [4.69, 9.17) is 4.74 Å². The first kappa shape index (κ1) is 18.9. The lowest BCUT2D eigenvalue weighted by Crippen LogP contribution is -2.15. The molecular formula is C21H19N3O4. The molecule has 7 nitrogen and oxygen atoms in total. The van der Waals surface area contributed by atoms with Gasteiger partial charge in [-0.2, -0.15) is 0 Å².